The summed E-state index contributed by atoms with van der Waals surface area (Å²) < 4.78 is 21.6. The predicted octanol–water partition coefficient (Wildman–Crippen LogP) is -0.631. The van der Waals surface area contributed by atoms with Crippen LogP contribution in [0.5, 0.6) is 0 Å². The third kappa shape index (κ3) is 2.31. The molecule has 0 aromatic carbocycles. The van der Waals surface area contributed by atoms with Crippen LogP contribution in [0.2, 0.25) is 0 Å². The summed E-state index contributed by atoms with van der Waals surface area (Å²) >= 11 is 0. The molecule has 2 N–H and O–H groups in total. The zero-order chi connectivity index (χ0) is 11.9. The Kier molecular flexibility index (Phi) is 3.11. The molecule has 0 aliphatic carbocycles. The molecule has 0 spiro atoms. The monoisotopic (exact) mass is 234 g/mol. The minimum atomic E-state index is -3.39. The number of hydrogen-bond acceptors (Lipinski definition) is 4. The molecule has 0 unspecified atom stereocenters. The standard InChI is InChI=1S/C9H18N2O3S/c1-9(2,15(3,13)14)8(12)11-5-4-7(10)6-11/h7H,4-6,10H2,1-3H3/t7-/m0/s1. The maximum Gasteiger partial charge on any atom is 0.243 e. The lowest BCUT2D eigenvalue weighted by Crippen LogP contribution is -2.49. The van der Waals surface area contributed by atoms with Gasteiger partial charge in [-0.05, 0) is 20.3 Å². The fourth-order valence-electron chi connectivity index (χ4n) is 1.51. The maximum absolute atomic E-state index is 12.0. The molecule has 1 saturated heterocycles. The molecule has 0 bridgehead atoms. The van der Waals surface area contributed by atoms with E-state index in [-0.39, 0.29) is 11.9 Å². The molecule has 1 aliphatic rings. The Balaban J connectivity index is 2.86. The number of carbonyl (C=O) groups is 1. The van der Waals surface area contributed by atoms with E-state index < -0.39 is 14.6 Å². The van der Waals surface area contributed by atoms with Crippen LogP contribution >= 0.6 is 0 Å². The molecule has 6 heteroatoms. The fourth-order valence-corrected chi connectivity index (χ4v) is 1.96. The van der Waals surface area contributed by atoms with Crippen LogP contribution in [-0.2, 0) is 14.6 Å². The predicted molar refractivity (Wildman–Crippen MR) is 58.1 cm³/mol. The Hall–Kier alpha value is -0.620. The van der Waals surface area contributed by atoms with Crippen molar-refractivity contribution in [3.05, 3.63) is 0 Å². The highest BCUT2D eigenvalue weighted by Crippen LogP contribution is 2.21. The number of amides is 1. The van der Waals surface area contributed by atoms with Crippen molar-refractivity contribution in [2.75, 3.05) is 19.3 Å². The largest absolute Gasteiger partial charge is 0.340 e. The highest BCUT2D eigenvalue weighted by molar-refractivity contribution is 7.92. The van der Waals surface area contributed by atoms with Crippen LogP contribution < -0.4 is 5.73 Å². The van der Waals surface area contributed by atoms with Gasteiger partial charge in [0.25, 0.3) is 0 Å². The average molecular weight is 234 g/mol. The van der Waals surface area contributed by atoms with Crippen molar-refractivity contribution in [1.29, 1.82) is 0 Å². The average Bonchev–Trinajstić information content (AvgIpc) is 2.48. The van der Waals surface area contributed by atoms with Crippen LogP contribution in [0.4, 0.5) is 0 Å². The zero-order valence-electron chi connectivity index (χ0n) is 9.36. The van der Waals surface area contributed by atoms with Gasteiger partial charge >= 0.3 is 0 Å². The molecule has 0 saturated carbocycles. The number of rotatable bonds is 2. The van der Waals surface area contributed by atoms with Gasteiger partial charge in [0.1, 0.15) is 4.75 Å². The first-order valence-electron chi connectivity index (χ1n) is 4.91. The van der Waals surface area contributed by atoms with Gasteiger partial charge < -0.3 is 10.6 Å². The summed E-state index contributed by atoms with van der Waals surface area (Å²) in [5.41, 5.74) is 5.67. The second-order valence-electron chi connectivity index (χ2n) is 4.58. The first kappa shape index (κ1) is 12.4. The maximum atomic E-state index is 12.0. The van der Waals surface area contributed by atoms with Crippen molar-refractivity contribution in [3.63, 3.8) is 0 Å². The third-order valence-corrected chi connectivity index (χ3v) is 4.98. The Morgan fingerprint density at radius 1 is 1.47 bits per heavy atom. The lowest BCUT2D eigenvalue weighted by Gasteiger charge is -2.27. The van der Waals surface area contributed by atoms with Crippen molar-refractivity contribution >= 4 is 15.7 Å². The number of sulfone groups is 1. The van der Waals surface area contributed by atoms with E-state index in [1.165, 1.54) is 18.7 Å². The first-order chi connectivity index (χ1) is 6.66. The molecule has 1 fully saturated rings. The Bertz CT molecular complexity index is 362. The molecule has 0 radical (unpaired) electrons. The van der Waals surface area contributed by atoms with E-state index in [1.807, 2.05) is 0 Å². The van der Waals surface area contributed by atoms with E-state index in [4.69, 9.17) is 5.73 Å². The Morgan fingerprint density at radius 2 is 2.00 bits per heavy atom. The molecular formula is C9H18N2O3S. The Morgan fingerprint density at radius 3 is 2.33 bits per heavy atom. The summed E-state index contributed by atoms with van der Waals surface area (Å²) in [7, 11) is -3.39. The highest BCUT2D eigenvalue weighted by atomic mass is 32.2. The van der Waals surface area contributed by atoms with E-state index in [0.717, 1.165) is 12.7 Å². The minimum Gasteiger partial charge on any atom is -0.340 e. The van der Waals surface area contributed by atoms with E-state index in [2.05, 4.69) is 0 Å². The number of nitrogens with two attached hydrogens (primary N) is 1. The molecule has 88 valence electrons. The van der Waals surface area contributed by atoms with Crippen LogP contribution in [0.3, 0.4) is 0 Å². The van der Waals surface area contributed by atoms with Crippen molar-refractivity contribution < 1.29 is 13.2 Å². The topological polar surface area (TPSA) is 80.5 Å². The van der Waals surface area contributed by atoms with Gasteiger partial charge in [-0.2, -0.15) is 0 Å². The van der Waals surface area contributed by atoms with Crippen molar-refractivity contribution in [2.45, 2.75) is 31.1 Å². The van der Waals surface area contributed by atoms with Crippen LogP contribution in [-0.4, -0.2) is 49.4 Å². The van der Waals surface area contributed by atoms with Gasteiger partial charge in [-0.1, -0.05) is 0 Å². The molecule has 5 nitrogen and oxygen atoms in total. The third-order valence-electron chi connectivity index (χ3n) is 2.95. The number of likely N-dealkylation sites (tertiary alicyclic amines) is 1. The fraction of sp³-hybridized carbons (Fsp3) is 0.889. The lowest BCUT2D eigenvalue weighted by atomic mass is 10.2. The summed E-state index contributed by atoms with van der Waals surface area (Å²) in [4.78, 5) is 13.5. The van der Waals surface area contributed by atoms with Gasteiger partial charge in [-0.3, -0.25) is 4.79 Å². The zero-order valence-corrected chi connectivity index (χ0v) is 10.2. The van der Waals surface area contributed by atoms with E-state index in [1.54, 1.807) is 0 Å². The van der Waals surface area contributed by atoms with Crippen LogP contribution in [0.1, 0.15) is 20.3 Å². The van der Waals surface area contributed by atoms with E-state index in [9.17, 15) is 13.2 Å². The SMILES string of the molecule is CC(C)(C(=O)N1CC[C@H](N)C1)S(C)(=O)=O. The molecule has 0 aromatic rings. The molecule has 0 aromatic heterocycles. The molecule has 1 amide bonds. The quantitative estimate of drug-likeness (QED) is 0.690. The smallest absolute Gasteiger partial charge is 0.243 e. The molecule has 15 heavy (non-hydrogen) atoms. The van der Waals surface area contributed by atoms with Gasteiger partial charge in [-0.25, -0.2) is 8.42 Å². The summed E-state index contributed by atoms with van der Waals surface area (Å²) in [6.07, 6.45) is 1.83. The van der Waals surface area contributed by atoms with Crippen molar-refractivity contribution in [2.24, 2.45) is 5.73 Å². The Labute approximate surface area is 90.5 Å². The second-order valence-corrected chi connectivity index (χ2v) is 7.15. The number of hydrogen-bond donors (Lipinski definition) is 1. The summed E-state index contributed by atoms with van der Waals surface area (Å²) in [5, 5.41) is 0. The molecule has 1 rings (SSSR count). The summed E-state index contributed by atoms with van der Waals surface area (Å²) in [5.74, 6) is -0.349. The minimum absolute atomic E-state index is 0.0238. The number of carbonyl (C=O) groups excluding carboxylic acids is 1. The summed E-state index contributed by atoms with van der Waals surface area (Å²) in [6.45, 7) is 3.89. The lowest BCUT2D eigenvalue weighted by molar-refractivity contribution is -0.132. The van der Waals surface area contributed by atoms with Gasteiger partial charge in [-0.15, -0.1) is 0 Å². The van der Waals surface area contributed by atoms with Gasteiger partial charge in [0.2, 0.25) is 5.91 Å². The van der Waals surface area contributed by atoms with E-state index >= 15 is 0 Å². The molecular weight excluding hydrogens is 216 g/mol. The highest BCUT2D eigenvalue weighted by Gasteiger charge is 2.42. The number of nitrogens with zero attached hydrogens (tertiary/aromatic N) is 1. The van der Waals surface area contributed by atoms with Crippen LogP contribution in [0.25, 0.3) is 0 Å². The second kappa shape index (κ2) is 3.75. The summed E-state index contributed by atoms with van der Waals surface area (Å²) in [6, 6.07) is -0.0238. The van der Waals surface area contributed by atoms with Crippen molar-refractivity contribution in [3.8, 4) is 0 Å². The van der Waals surface area contributed by atoms with E-state index in [0.29, 0.717) is 13.1 Å². The van der Waals surface area contributed by atoms with Gasteiger partial charge in [0.05, 0.1) is 0 Å². The molecule has 1 aliphatic heterocycles. The molecule has 1 heterocycles. The molecule has 1 atom stereocenters. The van der Waals surface area contributed by atoms with Crippen LogP contribution in [0.15, 0.2) is 0 Å². The van der Waals surface area contributed by atoms with Crippen molar-refractivity contribution in [1.82, 2.24) is 4.90 Å². The van der Waals surface area contributed by atoms with Gasteiger partial charge in [0.15, 0.2) is 9.84 Å². The van der Waals surface area contributed by atoms with Crippen LogP contribution in [0, 0.1) is 0 Å². The van der Waals surface area contributed by atoms with Gasteiger partial charge in [0, 0.05) is 25.4 Å². The normalized spacial score (nSPS) is 23.2. The first-order valence-corrected chi connectivity index (χ1v) is 6.80.